The van der Waals surface area contributed by atoms with Gasteiger partial charge in [0.05, 0.1) is 0 Å². The Morgan fingerprint density at radius 2 is 1.48 bits per heavy atom. The molecule has 0 N–H and O–H groups in total. The number of hydrogen-bond acceptors (Lipinski definition) is 2. The van der Waals surface area contributed by atoms with E-state index >= 15 is 0 Å². The first kappa shape index (κ1) is 18.3. The molecule has 1 atom stereocenters. The Balaban J connectivity index is 1.98. The van der Waals surface area contributed by atoms with Crippen molar-refractivity contribution in [3.63, 3.8) is 0 Å². The molecule has 2 heteroatoms. The Labute approximate surface area is 167 Å². The molecule has 3 aromatic carbocycles. The molecule has 4 rings (SSSR count). The predicted molar refractivity (Wildman–Crippen MR) is 117 cm³/mol. The third-order valence-corrected chi connectivity index (χ3v) is 6.75. The molecule has 3 aromatic rings. The maximum absolute atomic E-state index is 2.36. The first-order valence-corrected chi connectivity index (χ1v) is 10.7. The van der Waals surface area contributed by atoms with E-state index in [2.05, 4.69) is 97.9 Å². The molecule has 0 unspecified atom stereocenters. The van der Waals surface area contributed by atoms with E-state index in [1.54, 1.807) is 0 Å². The van der Waals surface area contributed by atoms with Crippen LogP contribution in [0.5, 0.6) is 0 Å². The number of nitrogens with zero attached hydrogens (tertiary/aromatic N) is 1. The minimum atomic E-state index is -0.0893. The topological polar surface area (TPSA) is 3.24 Å². The summed E-state index contributed by atoms with van der Waals surface area (Å²) in [4.78, 5) is 3.71. The molecule has 0 aromatic heterocycles. The summed E-state index contributed by atoms with van der Waals surface area (Å²) in [6.45, 7) is 1.10. The highest BCUT2D eigenvalue weighted by atomic mass is 32.2. The standard InChI is InChI=1S/C25H27NS/c1-26(2)18-10-17-25(21-12-4-3-5-13-21)22-14-7-6-11-20(22)19-27-24-16-9-8-15-23(24)25/h3-9,11-16H,10,17-19H2,1-2H3/t25-/m1/s1. The summed E-state index contributed by atoms with van der Waals surface area (Å²) < 4.78 is 0. The molecule has 1 nitrogen and oxygen atoms in total. The van der Waals surface area contributed by atoms with Gasteiger partial charge >= 0.3 is 0 Å². The van der Waals surface area contributed by atoms with Gasteiger partial charge in [-0.05, 0) is 61.8 Å². The van der Waals surface area contributed by atoms with Crippen LogP contribution in [0.15, 0.2) is 83.8 Å². The molecule has 1 aliphatic rings. The molecule has 0 spiro atoms. The Morgan fingerprint density at radius 3 is 2.26 bits per heavy atom. The predicted octanol–water partition coefficient (Wildman–Crippen LogP) is 5.97. The van der Waals surface area contributed by atoms with Gasteiger partial charge in [0.15, 0.2) is 0 Å². The van der Waals surface area contributed by atoms with Crippen LogP contribution in [0.2, 0.25) is 0 Å². The van der Waals surface area contributed by atoms with Gasteiger partial charge in [0.2, 0.25) is 0 Å². The first-order valence-electron chi connectivity index (χ1n) is 9.73. The van der Waals surface area contributed by atoms with E-state index in [-0.39, 0.29) is 5.41 Å². The summed E-state index contributed by atoms with van der Waals surface area (Å²) in [5, 5.41) is 0. The van der Waals surface area contributed by atoms with Crippen molar-refractivity contribution in [3.8, 4) is 0 Å². The maximum Gasteiger partial charge on any atom is 0.0465 e. The molecule has 0 amide bonds. The van der Waals surface area contributed by atoms with Crippen LogP contribution in [0.3, 0.4) is 0 Å². The van der Waals surface area contributed by atoms with E-state index in [9.17, 15) is 0 Å². The number of rotatable bonds is 5. The maximum atomic E-state index is 2.36. The average molecular weight is 374 g/mol. The average Bonchev–Trinajstić information content (AvgIpc) is 2.84. The van der Waals surface area contributed by atoms with E-state index in [1.807, 2.05) is 11.8 Å². The Bertz CT molecular complexity index is 853. The summed E-state index contributed by atoms with van der Waals surface area (Å²) in [5.41, 5.74) is 5.73. The highest BCUT2D eigenvalue weighted by molar-refractivity contribution is 7.98. The second-order valence-corrected chi connectivity index (χ2v) is 8.64. The molecule has 1 heterocycles. The molecule has 0 bridgehead atoms. The van der Waals surface area contributed by atoms with Gasteiger partial charge in [0, 0.05) is 16.1 Å². The van der Waals surface area contributed by atoms with Crippen LogP contribution >= 0.6 is 11.8 Å². The molecular formula is C25H27NS. The van der Waals surface area contributed by atoms with E-state index in [4.69, 9.17) is 0 Å². The molecule has 0 saturated carbocycles. The fourth-order valence-electron chi connectivity index (χ4n) is 4.42. The normalized spacial score (nSPS) is 18.6. The van der Waals surface area contributed by atoms with E-state index in [0.717, 1.165) is 25.1 Å². The van der Waals surface area contributed by atoms with Gasteiger partial charge in [-0.3, -0.25) is 0 Å². The van der Waals surface area contributed by atoms with E-state index in [1.165, 1.54) is 27.1 Å². The monoisotopic (exact) mass is 373 g/mol. The number of thioether (sulfide) groups is 1. The van der Waals surface area contributed by atoms with Crippen molar-refractivity contribution in [1.29, 1.82) is 0 Å². The van der Waals surface area contributed by atoms with Gasteiger partial charge < -0.3 is 4.90 Å². The van der Waals surface area contributed by atoms with Crippen molar-refractivity contribution in [2.75, 3.05) is 20.6 Å². The third kappa shape index (κ3) is 3.44. The molecule has 138 valence electrons. The van der Waals surface area contributed by atoms with Gasteiger partial charge in [0.25, 0.3) is 0 Å². The van der Waals surface area contributed by atoms with Crippen molar-refractivity contribution < 1.29 is 0 Å². The van der Waals surface area contributed by atoms with Crippen molar-refractivity contribution in [3.05, 3.63) is 101 Å². The molecule has 0 fully saturated rings. The van der Waals surface area contributed by atoms with Crippen LogP contribution in [0.25, 0.3) is 0 Å². The van der Waals surface area contributed by atoms with Crippen LogP contribution in [-0.4, -0.2) is 25.5 Å². The molecule has 27 heavy (non-hydrogen) atoms. The summed E-state index contributed by atoms with van der Waals surface area (Å²) in [6, 6.07) is 29.2. The highest BCUT2D eigenvalue weighted by Gasteiger charge is 2.40. The lowest BCUT2D eigenvalue weighted by Crippen LogP contribution is -2.31. The van der Waals surface area contributed by atoms with Gasteiger partial charge in [0.1, 0.15) is 0 Å². The first-order chi connectivity index (χ1) is 13.2. The van der Waals surface area contributed by atoms with Crippen LogP contribution in [-0.2, 0) is 11.2 Å². The van der Waals surface area contributed by atoms with Crippen molar-refractivity contribution >= 4 is 11.8 Å². The summed E-state index contributed by atoms with van der Waals surface area (Å²) in [5.74, 6) is 1.04. The molecule has 0 radical (unpaired) electrons. The molecule has 0 saturated heterocycles. The Hall–Kier alpha value is -2.03. The summed E-state index contributed by atoms with van der Waals surface area (Å²) in [7, 11) is 4.33. The summed E-state index contributed by atoms with van der Waals surface area (Å²) in [6.07, 6.45) is 2.28. The van der Waals surface area contributed by atoms with Gasteiger partial charge in [-0.15, -0.1) is 11.8 Å². The fraction of sp³-hybridized carbons (Fsp3) is 0.280. The Morgan fingerprint density at radius 1 is 0.815 bits per heavy atom. The molecular weight excluding hydrogens is 346 g/mol. The van der Waals surface area contributed by atoms with Crippen molar-refractivity contribution in [1.82, 2.24) is 4.90 Å². The second kappa shape index (κ2) is 7.92. The van der Waals surface area contributed by atoms with Crippen LogP contribution in [0.4, 0.5) is 0 Å². The minimum Gasteiger partial charge on any atom is -0.309 e. The zero-order chi connectivity index (χ0) is 18.7. The SMILES string of the molecule is CN(C)CCC[C@@]1(c2ccccc2)c2ccccc2CSc2ccccc21. The smallest absolute Gasteiger partial charge is 0.0465 e. The fourth-order valence-corrected chi connectivity index (χ4v) is 5.55. The van der Waals surface area contributed by atoms with Crippen LogP contribution in [0.1, 0.15) is 35.1 Å². The lowest BCUT2D eigenvalue weighted by Gasteiger charge is -2.37. The second-order valence-electron chi connectivity index (χ2n) is 7.62. The van der Waals surface area contributed by atoms with Crippen molar-refractivity contribution in [2.24, 2.45) is 0 Å². The minimum absolute atomic E-state index is 0.0893. The van der Waals surface area contributed by atoms with Gasteiger partial charge in [-0.1, -0.05) is 72.8 Å². The van der Waals surface area contributed by atoms with Crippen LogP contribution in [0, 0.1) is 0 Å². The van der Waals surface area contributed by atoms with Crippen LogP contribution < -0.4 is 0 Å². The number of fused-ring (bicyclic) bond motifs is 2. The third-order valence-electron chi connectivity index (χ3n) is 5.63. The van der Waals surface area contributed by atoms with E-state index in [0.29, 0.717) is 0 Å². The van der Waals surface area contributed by atoms with Gasteiger partial charge in [-0.2, -0.15) is 0 Å². The lowest BCUT2D eigenvalue weighted by atomic mass is 9.65. The van der Waals surface area contributed by atoms with Gasteiger partial charge in [-0.25, -0.2) is 0 Å². The van der Waals surface area contributed by atoms with Crippen molar-refractivity contribution in [2.45, 2.75) is 28.9 Å². The zero-order valence-electron chi connectivity index (χ0n) is 16.2. The lowest BCUT2D eigenvalue weighted by molar-refractivity contribution is 0.374. The quantitative estimate of drug-likeness (QED) is 0.542. The number of hydrogen-bond donors (Lipinski definition) is 0. The highest BCUT2D eigenvalue weighted by Crippen LogP contribution is 2.50. The summed E-state index contributed by atoms with van der Waals surface area (Å²) >= 11 is 1.98. The largest absolute Gasteiger partial charge is 0.309 e. The Kier molecular flexibility index (Phi) is 5.38. The zero-order valence-corrected chi connectivity index (χ0v) is 17.0. The molecule has 0 aliphatic carbocycles. The number of benzene rings is 3. The van der Waals surface area contributed by atoms with E-state index < -0.39 is 0 Å². The molecule has 1 aliphatic heterocycles.